The molecule has 0 amide bonds. The maximum Gasteiger partial charge on any atom is 0.340 e. The number of fused-ring (bicyclic) bond motifs is 1. The Bertz CT molecular complexity index is 821. The number of aromatic nitrogens is 3. The molecule has 0 aliphatic rings. The van der Waals surface area contributed by atoms with Crippen LogP contribution >= 0.6 is 0 Å². The van der Waals surface area contributed by atoms with E-state index in [1.807, 2.05) is 0 Å². The monoisotopic (exact) mass is 285 g/mol. The van der Waals surface area contributed by atoms with Crippen molar-refractivity contribution in [2.75, 3.05) is 0 Å². The van der Waals surface area contributed by atoms with E-state index in [2.05, 4.69) is 15.0 Å². The number of pyridine rings is 1. The molecule has 0 aliphatic heterocycles. The van der Waals surface area contributed by atoms with Crippen molar-refractivity contribution in [3.05, 3.63) is 54.2 Å². The van der Waals surface area contributed by atoms with Gasteiger partial charge in [0.1, 0.15) is 5.56 Å². The van der Waals surface area contributed by atoms with Crippen LogP contribution in [0.3, 0.4) is 0 Å². The summed E-state index contributed by atoms with van der Waals surface area (Å²) in [5.74, 6) is -1.78. The number of hydrogen-bond donors (Lipinski definition) is 1. The van der Waals surface area contributed by atoms with Gasteiger partial charge < -0.3 is 9.84 Å². The van der Waals surface area contributed by atoms with Crippen molar-refractivity contribution in [1.82, 2.24) is 15.0 Å². The molecule has 1 N–H and O–H groups in total. The van der Waals surface area contributed by atoms with Crippen LogP contribution in [0, 0.1) is 5.82 Å². The fourth-order valence-corrected chi connectivity index (χ4v) is 1.87. The van der Waals surface area contributed by atoms with E-state index in [9.17, 15) is 14.3 Å². The number of halogens is 1. The zero-order valence-corrected chi connectivity index (χ0v) is 10.5. The van der Waals surface area contributed by atoms with E-state index in [0.717, 1.165) is 12.4 Å². The number of benzene rings is 1. The summed E-state index contributed by atoms with van der Waals surface area (Å²) in [4.78, 5) is 22.8. The van der Waals surface area contributed by atoms with Crippen LogP contribution in [0.2, 0.25) is 0 Å². The Morgan fingerprint density at radius 2 is 1.81 bits per heavy atom. The Hall–Kier alpha value is -3.09. The fourth-order valence-electron chi connectivity index (χ4n) is 1.87. The van der Waals surface area contributed by atoms with E-state index in [0.29, 0.717) is 10.9 Å². The second kappa shape index (κ2) is 5.12. The van der Waals surface area contributed by atoms with Gasteiger partial charge in [-0.2, -0.15) is 0 Å². The lowest BCUT2D eigenvalue weighted by Gasteiger charge is -2.09. The van der Waals surface area contributed by atoms with Gasteiger partial charge in [0, 0.05) is 5.39 Å². The largest absolute Gasteiger partial charge is 0.478 e. The normalized spacial score (nSPS) is 10.5. The molecule has 2 aromatic heterocycles. The topological polar surface area (TPSA) is 85.2 Å². The summed E-state index contributed by atoms with van der Waals surface area (Å²) < 4.78 is 18.1. The summed E-state index contributed by atoms with van der Waals surface area (Å²) in [6, 6.07) is 6.62. The van der Waals surface area contributed by atoms with Crippen LogP contribution < -0.4 is 4.74 Å². The van der Waals surface area contributed by atoms with Crippen molar-refractivity contribution < 1.29 is 19.0 Å². The summed E-state index contributed by atoms with van der Waals surface area (Å²) in [5, 5.41) is 9.81. The minimum atomic E-state index is -1.16. The Kier molecular flexibility index (Phi) is 3.15. The standard InChI is InChI=1S/C14H8FN3O3/c15-8-5-17-14(18-6-8)21-11-7-16-10-4-2-1-3-9(10)12(11)13(19)20/h1-7H,(H,19,20). The molecule has 0 saturated heterocycles. The Labute approximate surface area is 117 Å². The molecule has 0 atom stereocenters. The number of rotatable bonds is 3. The van der Waals surface area contributed by atoms with E-state index in [1.165, 1.54) is 6.20 Å². The van der Waals surface area contributed by atoms with Gasteiger partial charge in [0.25, 0.3) is 0 Å². The third kappa shape index (κ3) is 2.48. The van der Waals surface area contributed by atoms with Crippen LogP contribution in [-0.4, -0.2) is 26.0 Å². The smallest absolute Gasteiger partial charge is 0.340 e. The zero-order chi connectivity index (χ0) is 14.8. The molecule has 1 aromatic carbocycles. The molecule has 0 saturated carbocycles. The van der Waals surface area contributed by atoms with Crippen molar-refractivity contribution >= 4 is 16.9 Å². The van der Waals surface area contributed by atoms with Gasteiger partial charge >= 0.3 is 12.0 Å². The van der Waals surface area contributed by atoms with Crippen LogP contribution in [0.15, 0.2) is 42.9 Å². The molecule has 0 unspecified atom stereocenters. The number of carboxylic acids is 1. The first-order valence-corrected chi connectivity index (χ1v) is 5.91. The highest BCUT2D eigenvalue weighted by Gasteiger charge is 2.18. The first-order valence-electron chi connectivity index (χ1n) is 5.91. The summed E-state index contributed by atoms with van der Waals surface area (Å²) in [6.07, 6.45) is 3.13. The average Bonchev–Trinajstić information content (AvgIpc) is 2.49. The number of para-hydroxylation sites is 1. The maximum absolute atomic E-state index is 12.8. The van der Waals surface area contributed by atoms with Crippen LogP contribution in [0.4, 0.5) is 4.39 Å². The SMILES string of the molecule is O=C(O)c1c(Oc2ncc(F)cn2)cnc2ccccc12. The third-order valence-electron chi connectivity index (χ3n) is 2.75. The second-order valence-corrected chi connectivity index (χ2v) is 4.11. The van der Waals surface area contributed by atoms with Gasteiger partial charge in [-0.1, -0.05) is 18.2 Å². The molecule has 0 spiro atoms. The summed E-state index contributed by atoms with van der Waals surface area (Å²) in [5.41, 5.74) is 0.482. The molecule has 7 heteroatoms. The molecule has 104 valence electrons. The average molecular weight is 285 g/mol. The molecule has 0 aliphatic carbocycles. The number of carbonyl (C=O) groups is 1. The number of nitrogens with zero attached hydrogens (tertiary/aromatic N) is 3. The predicted octanol–water partition coefficient (Wildman–Crippen LogP) is 2.65. The van der Waals surface area contributed by atoms with E-state index in [1.54, 1.807) is 24.3 Å². The number of hydrogen-bond acceptors (Lipinski definition) is 5. The second-order valence-electron chi connectivity index (χ2n) is 4.11. The van der Waals surface area contributed by atoms with Crippen molar-refractivity contribution in [2.45, 2.75) is 0 Å². The van der Waals surface area contributed by atoms with E-state index in [-0.39, 0.29) is 17.3 Å². The van der Waals surface area contributed by atoms with Crippen molar-refractivity contribution in [3.63, 3.8) is 0 Å². The van der Waals surface area contributed by atoms with Crippen LogP contribution in [-0.2, 0) is 0 Å². The summed E-state index contributed by atoms with van der Waals surface area (Å²) in [7, 11) is 0. The maximum atomic E-state index is 12.8. The van der Waals surface area contributed by atoms with Crippen molar-refractivity contribution in [3.8, 4) is 11.8 Å². The first kappa shape index (κ1) is 12.9. The Balaban J connectivity index is 2.11. The van der Waals surface area contributed by atoms with Gasteiger partial charge in [-0.3, -0.25) is 4.98 Å². The lowest BCUT2D eigenvalue weighted by atomic mass is 10.1. The Morgan fingerprint density at radius 3 is 2.52 bits per heavy atom. The number of ether oxygens (including phenoxy) is 1. The van der Waals surface area contributed by atoms with Crippen LogP contribution in [0.1, 0.15) is 10.4 Å². The predicted molar refractivity (Wildman–Crippen MR) is 70.8 cm³/mol. The highest BCUT2D eigenvalue weighted by atomic mass is 19.1. The summed E-state index contributed by atoms with van der Waals surface area (Å²) >= 11 is 0. The molecule has 3 rings (SSSR count). The van der Waals surface area contributed by atoms with E-state index in [4.69, 9.17) is 4.74 Å². The molecule has 0 radical (unpaired) electrons. The third-order valence-corrected chi connectivity index (χ3v) is 2.75. The molecule has 0 bridgehead atoms. The fraction of sp³-hybridized carbons (Fsp3) is 0. The lowest BCUT2D eigenvalue weighted by molar-refractivity contribution is 0.0696. The van der Waals surface area contributed by atoms with Gasteiger partial charge in [-0.05, 0) is 6.07 Å². The Morgan fingerprint density at radius 1 is 1.10 bits per heavy atom. The van der Waals surface area contributed by atoms with Gasteiger partial charge in [0.2, 0.25) is 0 Å². The minimum absolute atomic E-state index is 0.00666. The molecule has 3 aromatic rings. The molecule has 2 heterocycles. The van der Waals surface area contributed by atoms with Crippen LogP contribution in [0.25, 0.3) is 10.9 Å². The molecule has 0 fully saturated rings. The molecular formula is C14H8FN3O3. The van der Waals surface area contributed by atoms with Gasteiger partial charge in [0.05, 0.1) is 24.1 Å². The number of aromatic carboxylic acids is 1. The van der Waals surface area contributed by atoms with Crippen molar-refractivity contribution in [2.24, 2.45) is 0 Å². The quantitative estimate of drug-likeness (QED) is 0.796. The number of carboxylic acid groups (broad SMARTS) is 1. The van der Waals surface area contributed by atoms with Crippen molar-refractivity contribution in [1.29, 1.82) is 0 Å². The minimum Gasteiger partial charge on any atom is -0.478 e. The van der Waals surface area contributed by atoms with Gasteiger partial charge in [-0.25, -0.2) is 19.2 Å². The first-order chi connectivity index (χ1) is 10.1. The van der Waals surface area contributed by atoms with E-state index >= 15 is 0 Å². The molecule has 21 heavy (non-hydrogen) atoms. The lowest BCUT2D eigenvalue weighted by Crippen LogP contribution is -2.03. The zero-order valence-electron chi connectivity index (χ0n) is 10.5. The molecule has 6 nitrogen and oxygen atoms in total. The van der Waals surface area contributed by atoms with Gasteiger partial charge in [-0.15, -0.1) is 0 Å². The summed E-state index contributed by atoms with van der Waals surface area (Å²) in [6.45, 7) is 0. The van der Waals surface area contributed by atoms with E-state index < -0.39 is 11.8 Å². The van der Waals surface area contributed by atoms with Crippen LogP contribution in [0.5, 0.6) is 11.8 Å². The molecular weight excluding hydrogens is 277 g/mol. The highest BCUT2D eigenvalue weighted by molar-refractivity contribution is 6.04. The van der Waals surface area contributed by atoms with Gasteiger partial charge in [0.15, 0.2) is 11.6 Å². The highest BCUT2D eigenvalue weighted by Crippen LogP contribution is 2.28.